The second-order valence-corrected chi connectivity index (χ2v) is 9.07. The maximum Gasteiger partial charge on any atom is 0.272 e. The highest BCUT2D eigenvalue weighted by Crippen LogP contribution is 2.30. The van der Waals surface area contributed by atoms with Crippen molar-refractivity contribution in [2.45, 2.75) is 13.1 Å². The highest BCUT2D eigenvalue weighted by Gasteiger charge is 2.30. The van der Waals surface area contributed by atoms with Crippen LogP contribution in [-0.4, -0.2) is 29.9 Å². The molecule has 0 radical (unpaired) electrons. The Kier molecular flexibility index (Phi) is 6.60. The van der Waals surface area contributed by atoms with Crippen molar-refractivity contribution in [2.24, 2.45) is 4.99 Å². The van der Waals surface area contributed by atoms with Crippen LogP contribution >= 0.6 is 39.7 Å². The number of hydrogen-bond acceptors (Lipinski definition) is 3. The van der Waals surface area contributed by atoms with Crippen LogP contribution in [0.15, 0.2) is 76.2 Å². The predicted molar refractivity (Wildman–Crippen MR) is 139 cm³/mol. The highest BCUT2D eigenvalue weighted by molar-refractivity contribution is 9.10. The van der Waals surface area contributed by atoms with Crippen molar-refractivity contribution < 1.29 is 4.79 Å². The van der Waals surface area contributed by atoms with E-state index in [1.54, 1.807) is 18.0 Å². The number of anilines is 2. The first kappa shape index (κ1) is 22.5. The van der Waals surface area contributed by atoms with Gasteiger partial charge in [-0.15, -0.1) is 0 Å². The smallest absolute Gasteiger partial charge is 0.272 e. The van der Waals surface area contributed by atoms with Crippen LogP contribution in [0.5, 0.6) is 0 Å². The number of hydrogen-bond donors (Lipinski definition) is 2. The fourth-order valence-corrected chi connectivity index (χ4v) is 4.13. The van der Waals surface area contributed by atoms with Crippen molar-refractivity contribution in [1.29, 1.82) is 0 Å². The van der Waals surface area contributed by atoms with Crippen LogP contribution in [0.2, 0.25) is 5.02 Å². The average Bonchev–Trinajstić information content (AvgIpc) is 2.87. The molecule has 4 rings (SSSR count). The van der Waals surface area contributed by atoms with E-state index in [9.17, 15) is 4.79 Å². The molecule has 2 N–H and O–H groups in total. The Morgan fingerprint density at radius 3 is 2.59 bits per heavy atom. The summed E-state index contributed by atoms with van der Waals surface area (Å²) in [6.45, 7) is 1.99. The standard InChI is InChI=1S/C24H20BrClN4OS/c1-14-12-17(9-10-19(14)25)27-24(32)29-22-23(31)30(2)20-11-8-16(26)13-18(20)21(28-22)15-6-4-3-5-7-15/h3-13,22H,1-2H3,(H2,27,29,32). The molecule has 5 nitrogen and oxygen atoms in total. The second kappa shape index (κ2) is 9.40. The summed E-state index contributed by atoms with van der Waals surface area (Å²) in [5.74, 6) is -0.226. The Bertz CT molecular complexity index is 1230. The van der Waals surface area contributed by atoms with Crippen LogP contribution in [0.4, 0.5) is 11.4 Å². The molecule has 1 unspecified atom stereocenters. The van der Waals surface area contributed by atoms with Crippen molar-refractivity contribution in [1.82, 2.24) is 5.32 Å². The summed E-state index contributed by atoms with van der Waals surface area (Å²) in [4.78, 5) is 19.7. The Labute approximate surface area is 205 Å². The highest BCUT2D eigenvalue weighted by atomic mass is 79.9. The van der Waals surface area contributed by atoms with Gasteiger partial charge in [-0.05, 0) is 61.1 Å². The van der Waals surface area contributed by atoms with Gasteiger partial charge in [0.15, 0.2) is 5.11 Å². The number of carbonyl (C=O) groups is 1. The van der Waals surface area contributed by atoms with Crippen LogP contribution in [0.3, 0.4) is 0 Å². The minimum atomic E-state index is -0.905. The lowest BCUT2D eigenvalue weighted by atomic mass is 10.0. The van der Waals surface area contributed by atoms with Gasteiger partial charge in [0.1, 0.15) is 0 Å². The first-order valence-corrected chi connectivity index (χ1v) is 11.5. The molecular formula is C24H20BrClN4OS. The van der Waals surface area contributed by atoms with Crippen molar-refractivity contribution in [2.75, 3.05) is 17.3 Å². The topological polar surface area (TPSA) is 56.7 Å². The molecule has 162 valence electrons. The zero-order valence-electron chi connectivity index (χ0n) is 17.4. The molecule has 0 saturated carbocycles. The minimum absolute atomic E-state index is 0.226. The third kappa shape index (κ3) is 4.70. The molecule has 3 aromatic carbocycles. The summed E-state index contributed by atoms with van der Waals surface area (Å²) in [5.41, 5.74) is 4.95. The molecule has 1 aliphatic rings. The number of fused-ring (bicyclic) bond motifs is 1. The number of benzene rings is 3. The number of amides is 1. The van der Waals surface area contributed by atoms with Gasteiger partial charge in [0.2, 0.25) is 6.17 Å². The van der Waals surface area contributed by atoms with Crippen molar-refractivity contribution in [3.63, 3.8) is 0 Å². The Morgan fingerprint density at radius 2 is 1.88 bits per heavy atom. The molecule has 0 bridgehead atoms. The van der Waals surface area contributed by atoms with Gasteiger partial charge >= 0.3 is 0 Å². The average molecular weight is 528 g/mol. The summed E-state index contributed by atoms with van der Waals surface area (Å²) < 4.78 is 1.01. The van der Waals surface area contributed by atoms with E-state index in [0.717, 1.165) is 32.5 Å². The van der Waals surface area contributed by atoms with Gasteiger partial charge in [0.25, 0.3) is 5.91 Å². The van der Waals surface area contributed by atoms with Gasteiger partial charge in [0.05, 0.1) is 11.4 Å². The number of aryl methyl sites for hydroxylation is 1. The summed E-state index contributed by atoms with van der Waals surface area (Å²) in [6, 6.07) is 21.0. The predicted octanol–water partition coefficient (Wildman–Crippen LogP) is 5.54. The SMILES string of the molecule is Cc1cc(NC(=S)NC2N=C(c3ccccc3)c3cc(Cl)ccc3N(C)C2=O)ccc1Br. The number of benzodiazepines with no additional fused rings is 1. The van der Waals surface area contributed by atoms with Gasteiger partial charge in [-0.3, -0.25) is 4.79 Å². The van der Waals surface area contributed by atoms with E-state index in [-0.39, 0.29) is 5.91 Å². The molecule has 0 fully saturated rings. The summed E-state index contributed by atoms with van der Waals surface area (Å²) in [6.07, 6.45) is -0.905. The first-order valence-electron chi connectivity index (χ1n) is 9.88. The van der Waals surface area contributed by atoms with Gasteiger partial charge in [0, 0.05) is 33.4 Å². The number of nitrogens with zero attached hydrogens (tertiary/aromatic N) is 2. The quantitative estimate of drug-likeness (QED) is 0.439. The molecule has 0 saturated heterocycles. The zero-order chi connectivity index (χ0) is 22.8. The molecular weight excluding hydrogens is 508 g/mol. The number of nitrogens with one attached hydrogen (secondary N) is 2. The minimum Gasteiger partial charge on any atom is -0.333 e. The number of halogens is 2. The maximum atomic E-state index is 13.3. The molecule has 1 atom stereocenters. The first-order chi connectivity index (χ1) is 15.3. The normalized spacial score (nSPS) is 15.5. The molecule has 8 heteroatoms. The largest absolute Gasteiger partial charge is 0.333 e. The molecule has 0 aliphatic carbocycles. The van der Waals surface area contributed by atoms with E-state index >= 15 is 0 Å². The van der Waals surface area contributed by atoms with E-state index in [4.69, 9.17) is 28.8 Å². The lowest BCUT2D eigenvalue weighted by molar-refractivity contribution is -0.119. The molecule has 1 heterocycles. The van der Waals surface area contributed by atoms with Gasteiger partial charge < -0.3 is 15.5 Å². The van der Waals surface area contributed by atoms with E-state index in [2.05, 4.69) is 26.6 Å². The molecule has 1 aliphatic heterocycles. The summed E-state index contributed by atoms with van der Waals surface area (Å²) >= 11 is 15.3. The molecule has 32 heavy (non-hydrogen) atoms. The number of carbonyl (C=O) groups excluding carboxylic acids is 1. The van der Waals surface area contributed by atoms with Gasteiger partial charge in [-0.2, -0.15) is 0 Å². The van der Waals surface area contributed by atoms with E-state index in [0.29, 0.717) is 15.8 Å². The van der Waals surface area contributed by atoms with Gasteiger partial charge in [-0.1, -0.05) is 57.9 Å². The summed E-state index contributed by atoms with van der Waals surface area (Å²) in [7, 11) is 1.72. The van der Waals surface area contributed by atoms with Crippen LogP contribution < -0.4 is 15.5 Å². The maximum absolute atomic E-state index is 13.3. The lowest BCUT2D eigenvalue weighted by Gasteiger charge is -2.22. The Balaban J connectivity index is 1.70. The monoisotopic (exact) mass is 526 g/mol. The van der Waals surface area contributed by atoms with Crippen molar-refractivity contribution in [3.05, 3.63) is 92.9 Å². The Hall–Kier alpha value is -2.74. The van der Waals surface area contributed by atoms with E-state index < -0.39 is 6.17 Å². The number of likely N-dealkylation sites (N-methyl/N-ethyl adjacent to an activating group) is 1. The van der Waals surface area contributed by atoms with Crippen LogP contribution in [-0.2, 0) is 4.79 Å². The summed E-state index contributed by atoms with van der Waals surface area (Å²) in [5, 5.41) is 7.08. The lowest BCUT2D eigenvalue weighted by Crippen LogP contribution is -2.47. The fourth-order valence-electron chi connectivity index (χ4n) is 3.48. The number of aliphatic imine (C=N–C) groups is 1. The third-order valence-electron chi connectivity index (χ3n) is 5.13. The van der Waals surface area contributed by atoms with Crippen LogP contribution in [0.25, 0.3) is 0 Å². The number of thiocarbonyl (C=S) groups is 1. The van der Waals surface area contributed by atoms with Crippen LogP contribution in [0.1, 0.15) is 16.7 Å². The molecule has 0 spiro atoms. The Morgan fingerprint density at radius 1 is 1.12 bits per heavy atom. The third-order valence-corrected chi connectivity index (χ3v) is 6.47. The zero-order valence-corrected chi connectivity index (χ0v) is 20.6. The second-order valence-electron chi connectivity index (χ2n) is 7.37. The van der Waals surface area contributed by atoms with E-state index in [1.807, 2.05) is 67.6 Å². The fraction of sp³-hybridized carbons (Fsp3) is 0.125. The van der Waals surface area contributed by atoms with Crippen molar-refractivity contribution >= 4 is 67.9 Å². The van der Waals surface area contributed by atoms with Gasteiger partial charge in [-0.25, -0.2) is 4.99 Å². The van der Waals surface area contributed by atoms with E-state index in [1.165, 1.54) is 0 Å². The van der Waals surface area contributed by atoms with Crippen LogP contribution in [0, 0.1) is 6.92 Å². The van der Waals surface area contributed by atoms with Crippen molar-refractivity contribution in [3.8, 4) is 0 Å². The molecule has 0 aromatic heterocycles. The molecule has 3 aromatic rings. The number of rotatable bonds is 3. The molecule has 1 amide bonds.